The standard InChI is InChI=1S/C12H14N4O3/c1-15-6-5-13-12(15)8-14-10-7-9(16(17)18)3-4-11(10)19-2/h3-7,14H,8H2,1-2H3. The van der Waals surface area contributed by atoms with Gasteiger partial charge in [-0.2, -0.15) is 0 Å². The first kappa shape index (κ1) is 12.9. The third-order valence-electron chi connectivity index (χ3n) is 2.75. The Morgan fingerprint density at radius 2 is 2.32 bits per heavy atom. The number of imidazole rings is 1. The van der Waals surface area contributed by atoms with Gasteiger partial charge < -0.3 is 14.6 Å². The summed E-state index contributed by atoms with van der Waals surface area (Å²) in [5.41, 5.74) is 0.586. The van der Waals surface area contributed by atoms with E-state index in [9.17, 15) is 10.1 Å². The molecule has 2 aromatic rings. The molecule has 0 unspecified atom stereocenters. The molecule has 100 valence electrons. The molecular weight excluding hydrogens is 248 g/mol. The van der Waals surface area contributed by atoms with Gasteiger partial charge in [-0.25, -0.2) is 4.98 Å². The van der Waals surface area contributed by atoms with Gasteiger partial charge in [0.05, 0.1) is 24.3 Å². The van der Waals surface area contributed by atoms with Crippen LogP contribution in [-0.4, -0.2) is 21.6 Å². The van der Waals surface area contributed by atoms with Crippen LogP contribution in [0.15, 0.2) is 30.6 Å². The summed E-state index contributed by atoms with van der Waals surface area (Å²) >= 11 is 0. The third-order valence-corrected chi connectivity index (χ3v) is 2.75. The van der Waals surface area contributed by atoms with E-state index >= 15 is 0 Å². The van der Waals surface area contributed by atoms with E-state index in [4.69, 9.17) is 4.74 Å². The van der Waals surface area contributed by atoms with Gasteiger partial charge in [0.1, 0.15) is 11.6 Å². The predicted molar refractivity (Wildman–Crippen MR) is 70.2 cm³/mol. The van der Waals surface area contributed by atoms with Crippen LogP contribution in [0.4, 0.5) is 11.4 Å². The van der Waals surface area contributed by atoms with Crippen molar-refractivity contribution >= 4 is 11.4 Å². The molecule has 0 aliphatic heterocycles. The SMILES string of the molecule is COc1ccc([N+](=O)[O-])cc1NCc1nccn1C. The summed E-state index contributed by atoms with van der Waals surface area (Å²) < 4.78 is 7.04. The fraction of sp³-hybridized carbons (Fsp3) is 0.250. The van der Waals surface area contributed by atoms with Crippen molar-refractivity contribution < 1.29 is 9.66 Å². The van der Waals surface area contributed by atoms with Crippen molar-refractivity contribution in [2.45, 2.75) is 6.54 Å². The molecule has 1 heterocycles. The number of aryl methyl sites for hydroxylation is 1. The number of non-ortho nitro benzene ring substituents is 1. The average Bonchev–Trinajstić information content (AvgIpc) is 2.81. The first-order valence-electron chi connectivity index (χ1n) is 5.64. The number of nitrogens with one attached hydrogen (secondary N) is 1. The van der Waals surface area contributed by atoms with E-state index in [-0.39, 0.29) is 5.69 Å². The molecule has 7 heteroatoms. The van der Waals surface area contributed by atoms with Crippen LogP contribution >= 0.6 is 0 Å². The van der Waals surface area contributed by atoms with Crippen molar-refractivity contribution in [2.24, 2.45) is 7.05 Å². The van der Waals surface area contributed by atoms with Gasteiger partial charge in [-0.1, -0.05) is 0 Å². The van der Waals surface area contributed by atoms with E-state index in [0.717, 1.165) is 5.82 Å². The Morgan fingerprint density at radius 1 is 1.53 bits per heavy atom. The summed E-state index contributed by atoms with van der Waals surface area (Å²) in [4.78, 5) is 14.5. The van der Waals surface area contributed by atoms with Crippen LogP contribution in [0, 0.1) is 10.1 Å². The quantitative estimate of drug-likeness (QED) is 0.657. The highest BCUT2D eigenvalue weighted by Gasteiger charge is 2.11. The maximum Gasteiger partial charge on any atom is 0.271 e. The Labute approximate surface area is 110 Å². The second-order valence-electron chi connectivity index (χ2n) is 3.95. The zero-order valence-corrected chi connectivity index (χ0v) is 10.7. The number of nitro groups is 1. The molecule has 0 radical (unpaired) electrons. The fourth-order valence-electron chi connectivity index (χ4n) is 1.69. The van der Waals surface area contributed by atoms with Crippen LogP contribution in [0.3, 0.4) is 0 Å². The van der Waals surface area contributed by atoms with Gasteiger partial charge in [-0.15, -0.1) is 0 Å². The number of hydrogen-bond donors (Lipinski definition) is 1. The topological polar surface area (TPSA) is 82.2 Å². The molecule has 0 aliphatic rings. The maximum atomic E-state index is 10.8. The zero-order valence-electron chi connectivity index (χ0n) is 10.7. The smallest absolute Gasteiger partial charge is 0.271 e. The maximum absolute atomic E-state index is 10.8. The molecule has 0 aliphatic carbocycles. The van der Waals surface area contributed by atoms with Crippen LogP contribution in [0.2, 0.25) is 0 Å². The average molecular weight is 262 g/mol. The fourth-order valence-corrected chi connectivity index (χ4v) is 1.69. The molecule has 0 fully saturated rings. The summed E-state index contributed by atoms with van der Waals surface area (Å²) in [5, 5.41) is 13.9. The Morgan fingerprint density at radius 3 is 2.89 bits per heavy atom. The monoisotopic (exact) mass is 262 g/mol. The molecular formula is C12H14N4O3. The Kier molecular flexibility index (Phi) is 3.65. The molecule has 0 saturated heterocycles. The number of rotatable bonds is 5. The number of aromatic nitrogens is 2. The van der Waals surface area contributed by atoms with Gasteiger partial charge in [0.25, 0.3) is 5.69 Å². The molecule has 1 N–H and O–H groups in total. The number of anilines is 1. The third kappa shape index (κ3) is 2.82. The van der Waals surface area contributed by atoms with Crippen molar-refractivity contribution in [2.75, 3.05) is 12.4 Å². The Bertz CT molecular complexity index is 594. The lowest BCUT2D eigenvalue weighted by Crippen LogP contribution is -2.06. The van der Waals surface area contributed by atoms with E-state index < -0.39 is 4.92 Å². The second kappa shape index (κ2) is 5.38. The van der Waals surface area contributed by atoms with Crippen molar-refractivity contribution in [3.05, 3.63) is 46.5 Å². The van der Waals surface area contributed by atoms with Gasteiger partial charge in [-0.05, 0) is 6.07 Å². The number of nitrogens with zero attached hydrogens (tertiary/aromatic N) is 3. The Hall–Kier alpha value is -2.57. The van der Waals surface area contributed by atoms with Crippen molar-refractivity contribution in [3.63, 3.8) is 0 Å². The van der Waals surface area contributed by atoms with Crippen LogP contribution in [0.5, 0.6) is 5.75 Å². The number of ether oxygens (including phenoxy) is 1. The second-order valence-corrected chi connectivity index (χ2v) is 3.95. The first-order valence-corrected chi connectivity index (χ1v) is 5.64. The number of hydrogen-bond acceptors (Lipinski definition) is 5. The predicted octanol–water partition coefficient (Wildman–Crippen LogP) is 1.95. The van der Waals surface area contributed by atoms with Crippen LogP contribution < -0.4 is 10.1 Å². The van der Waals surface area contributed by atoms with Crippen LogP contribution in [0.1, 0.15) is 5.82 Å². The molecule has 7 nitrogen and oxygen atoms in total. The minimum atomic E-state index is -0.439. The summed E-state index contributed by atoms with van der Waals surface area (Å²) in [5.74, 6) is 1.38. The van der Waals surface area contributed by atoms with Crippen molar-refractivity contribution in [3.8, 4) is 5.75 Å². The highest BCUT2D eigenvalue weighted by molar-refractivity contribution is 5.61. The lowest BCUT2D eigenvalue weighted by molar-refractivity contribution is -0.384. The normalized spacial score (nSPS) is 10.2. The molecule has 0 saturated carbocycles. The van der Waals surface area contributed by atoms with Gasteiger partial charge in [0, 0.05) is 31.6 Å². The minimum Gasteiger partial charge on any atom is -0.495 e. The van der Waals surface area contributed by atoms with Gasteiger partial charge in [-0.3, -0.25) is 10.1 Å². The van der Waals surface area contributed by atoms with Crippen molar-refractivity contribution in [1.82, 2.24) is 9.55 Å². The molecule has 0 amide bonds. The van der Waals surface area contributed by atoms with Crippen LogP contribution in [-0.2, 0) is 13.6 Å². The number of methoxy groups -OCH3 is 1. The first-order chi connectivity index (χ1) is 9.11. The molecule has 2 rings (SSSR count). The zero-order chi connectivity index (χ0) is 13.8. The molecule has 1 aromatic heterocycles. The lowest BCUT2D eigenvalue weighted by atomic mass is 10.2. The summed E-state index contributed by atoms with van der Waals surface area (Å²) in [6.45, 7) is 0.459. The highest BCUT2D eigenvalue weighted by Crippen LogP contribution is 2.29. The lowest BCUT2D eigenvalue weighted by Gasteiger charge is -2.10. The molecule has 0 spiro atoms. The molecule has 0 bridgehead atoms. The summed E-state index contributed by atoms with van der Waals surface area (Å²) in [6.07, 6.45) is 3.53. The molecule has 19 heavy (non-hydrogen) atoms. The van der Waals surface area contributed by atoms with E-state index in [1.54, 1.807) is 12.3 Å². The molecule has 1 aromatic carbocycles. The van der Waals surface area contributed by atoms with Crippen molar-refractivity contribution in [1.29, 1.82) is 0 Å². The largest absolute Gasteiger partial charge is 0.495 e. The van der Waals surface area contributed by atoms with E-state index in [2.05, 4.69) is 10.3 Å². The Balaban J connectivity index is 2.20. The van der Waals surface area contributed by atoms with E-state index in [0.29, 0.717) is 18.0 Å². The number of benzene rings is 1. The van der Waals surface area contributed by atoms with E-state index in [1.165, 1.54) is 19.2 Å². The van der Waals surface area contributed by atoms with Gasteiger partial charge in [0.15, 0.2) is 0 Å². The van der Waals surface area contributed by atoms with Gasteiger partial charge >= 0.3 is 0 Å². The molecule has 0 atom stereocenters. The number of nitro benzene ring substituents is 1. The summed E-state index contributed by atoms with van der Waals surface area (Å²) in [6, 6.07) is 4.42. The highest BCUT2D eigenvalue weighted by atomic mass is 16.6. The summed E-state index contributed by atoms with van der Waals surface area (Å²) in [7, 11) is 3.40. The minimum absolute atomic E-state index is 0.0168. The van der Waals surface area contributed by atoms with Gasteiger partial charge in [0.2, 0.25) is 0 Å². The van der Waals surface area contributed by atoms with Crippen LogP contribution in [0.25, 0.3) is 0 Å². The van der Waals surface area contributed by atoms with E-state index in [1.807, 2.05) is 17.8 Å².